The fourth-order valence-electron chi connectivity index (χ4n) is 2.36. The molecule has 3 heteroatoms. The Labute approximate surface area is 126 Å². The molecular weight excluding hydrogens is 295 g/mol. The van der Waals surface area contributed by atoms with E-state index >= 15 is 0 Å². The molecule has 0 N–H and O–H groups in total. The van der Waals surface area contributed by atoms with E-state index in [1.54, 1.807) is 11.3 Å². The number of fused-ring (bicyclic) bond motifs is 1. The van der Waals surface area contributed by atoms with Gasteiger partial charge in [0.15, 0.2) is 0 Å². The fourth-order valence-corrected chi connectivity index (χ4v) is 4.12. The molecule has 96 valence electrons. The minimum absolute atomic E-state index is 0.196. The van der Waals surface area contributed by atoms with E-state index in [-0.39, 0.29) is 5.38 Å². The Balaban J connectivity index is 2.24. The monoisotopic (exact) mass is 306 g/mol. The Bertz CT molecular complexity index is 730. The minimum Gasteiger partial charge on any atom is -0.145 e. The molecule has 0 bridgehead atoms. The standard InChI is InChI=1S/C16H12Cl2S/c1-10-6-7-11-4-2-3-5-12(11)14(10)15(18)16-13(17)8-9-19-16/h2-9,15H,1H3. The molecule has 0 amide bonds. The largest absolute Gasteiger partial charge is 0.145 e. The van der Waals surface area contributed by atoms with Gasteiger partial charge < -0.3 is 0 Å². The third kappa shape index (κ3) is 2.27. The van der Waals surface area contributed by atoms with E-state index < -0.39 is 0 Å². The van der Waals surface area contributed by atoms with Crippen LogP contribution in [0.2, 0.25) is 5.02 Å². The second kappa shape index (κ2) is 5.16. The highest BCUT2D eigenvalue weighted by Crippen LogP contribution is 2.41. The van der Waals surface area contributed by atoms with Crippen molar-refractivity contribution in [3.63, 3.8) is 0 Å². The van der Waals surface area contributed by atoms with Crippen molar-refractivity contribution in [3.8, 4) is 0 Å². The molecule has 0 nitrogen and oxygen atoms in total. The maximum Gasteiger partial charge on any atom is 0.0951 e. The highest BCUT2D eigenvalue weighted by Gasteiger charge is 2.19. The molecular formula is C16H12Cl2S. The minimum atomic E-state index is -0.196. The van der Waals surface area contributed by atoms with E-state index in [2.05, 4.69) is 31.2 Å². The zero-order valence-corrected chi connectivity index (χ0v) is 12.7. The summed E-state index contributed by atoms with van der Waals surface area (Å²) in [4.78, 5) is 1.02. The van der Waals surface area contributed by atoms with E-state index in [4.69, 9.17) is 23.2 Å². The second-order valence-corrected chi connectivity index (χ2v) is 6.30. The predicted molar refractivity (Wildman–Crippen MR) is 85.7 cm³/mol. The zero-order chi connectivity index (χ0) is 13.4. The summed E-state index contributed by atoms with van der Waals surface area (Å²) in [6.45, 7) is 2.10. The molecule has 0 saturated heterocycles. The van der Waals surface area contributed by atoms with Crippen LogP contribution in [-0.2, 0) is 0 Å². The first-order valence-corrected chi connectivity index (χ1v) is 7.73. The van der Waals surface area contributed by atoms with Crippen LogP contribution < -0.4 is 0 Å². The molecule has 1 aromatic heterocycles. The zero-order valence-electron chi connectivity index (χ0n) is 10.4. The molecule has 19 heavy (non-hydrogen) atoms. The van der Waals surface area contributed by atoms with Gasteiger partial charge in [-0.25, -0.2) is 0 Å². The molecule has 2 aromatic carbocycles. The summed E-state index contributed by atoms with van der Waals surface area (Å²) in [5.74, 6) is 0. The van der Waals surface area contributed by atoms with Gasteiger partial charge in [-0.15, -0.1) is 22.9 Å². The van der Waals surface area contributed by atoms with Crippen molar-refractivity contribution in [2.75, 3.05) is 0 Å². The summed E-state index contributed by atoms with van der Waals surface area (Å²) in [5, 5.41) is 4.94. The maximum atomic E-state index is 6.69. The van der Waals surface area contributed by atoms with E-state index in [0.29, 0.717) is 0 Å². The van der Waals surface area contributed by atoms with Gasteiger partial charge in [-0.1, -0.05) is 48.0 Å². The highest BCUT2D eigenvalue weighted by atomic mass is 35.5. The third-order valence-corrected chi connectivity index (χ3v) is 5.31. The molecule has 0 aliphatic carbocycles. The van der Waals surface area contributed by atoms with Crippen molar-refractivity contribution < 1.29 is 0 Å². The van der Waals surface area contributed by atoms with Crippen molar-refractivity contribution in [3.05, 3.63) is 68.9 Å². The van der Waals surface area contributed by atoms with Crippen LogP contribution in [0.5, 0.6) is 0 Å². The highest BCUT2D eigenvalue weighted by molar-refractivity contribution is 7.11. The Morgan fingerprint density at radius 1 is 1.05 bits per heavy atom. The lowest BCUT2D eigenvalue weighted by Crippen LogP contribution is -1.96. The summed E-state index contributed by atoms with van der Waals surface area (Å²) in [6, 6.07) is 14.5. The lowest BCUT2D eigenvalue weighted by molar-refractivity contribution is 1.17. The van der Waals surface area contributed by atoms with Crippen molar-refractivity contribution in [1.29, 1.82) is 0 Å². The normalized spacial score (nSPS) is 12.8. The van der Waals surface area contributed by atoms with Gasteiger partial charge in [-0.3, -0.25) is 0 Å². The predicted octanol–water partition coefficient (Wildman–Crippen LogP) is 6.19. The van der Waals surface area contributed by atoms with Gasteiger partial charge in [-0.05, 0) is 40.3 Å². The van der Waals surface area contributed by atoms with Crippen LogP contribution in [0.4, 0.5) is 0 Å². The molecule has 1 heterocycles. The number of halogens is 2. The van der Waals surface area contributed by atoms with Crippen LogP contribution >= 0.6 is 34.5 Å². The van der Waals surface area contributed by atoms with Crippen LogP contribution in [0.3, 0.4) is 0 Å². The SMILES string of the molecule is Cc1ccc2ccccc2c1C(Cl)c1sccc1Cl. The maximum absolute atomic E-state index is 6.69. The molecule has 0 fully saturated rings. The average Bonchev–Trinajstić information content (AvgIpc) is 2.84. The molecule has 3 rings (SSSR count). The number of aryl methyl sites for hydroxylation is 1. The lowest BCUT2D eigenvalue weighted by atomic mass is 9.96. The first-order chi connectivity index (χ1) is 9.18. The van der Waals surface area contributed by atoms with Gasteiger partial charge in [0, 0.05) is 4.88 Å². The molecule has 1 atom stereocenters. The number of alkyl halides is 1. The van der Waals surface area contributed by atoms with E-state index in [9.17, 15) is 0 Å². The van der Waals surface area contributed by atoms with Gasteiger partial charge >= 0.3 is 0 Å². The summed E-state index contributed by atoms with van der Waals surface area (Å²) < 4.78 is 0. The third-order valence-electron chi connectivity index (χ3n) is 3.32. The Kier molecular flexibility index (Phi) is 3.53. The van der Waals surface area contributed by atoms with Crippen LogP contribution in [0.1, 0.15) is 21.4 Å². The molecule has 3 aromatic rings. The molecule has 0 spiro atoms. The first-order valence-electron chi connectivity index (χ1n) is 6.03. The number of thiophene rings is 1. The molecule has 0 saturated carbocycles. The Hall–Kier alpha value is -1.02. The van der Waals surface area contributed by atoms with Gasteiger partial charge in [0.05, 0.1) is 10.4 Å². The first kappa shape index (κ1) is 13.0. The molecule has 0 radical (unpaired) electrons. The van der Waals surface area contributed by atoms with Crippen molar-refractivity contribution in [1.82, 2.24) is 0 Å². The van der Waals surface area contributed by atoms with Crippen LogP contribution in [-0.4, -0.2) is 0 Å². The number of hydrogen-bond donors (Lipinski definition) is 0. The number of hydrogen-bond acceptors (Lipinski definition) is 1. The van der Waals surface area contributed by atoms with Crippen molar-refractivity contribution in [2.24, 2.45) is 0 Å². The smallest absolute Gasteiger partial charge is 0.0951 e. The van der Waals surface area contributed by atoms with Crippen LogP contribution in [0.15, 0.2) is 47.8 Å². The van der Waals surface area contributed by atoms with E-state index in [1.807, 2.05) is 23.6 Å². The molecule has 1 unspecified atom stereocenters. The quantitative estimate of drug-likeness (QED) is 0.495. The van der Waals surface area contributed by atoms with E-state index in [0.717, 1.165) is 15.5 Å². The lowest BCUT2D eigenvalue weighted by Gasteiger charge is -2.15. The number of rotatable bonds is 2. The second-order valence-electron chi connectivity index (χ2n) is 4.51. The summed E-state index contributed by atoms with van der Waals surface area (Å²) in [6.07, 6.45) is 0. The van der Waals surface area contributed by atoms with Gasteiger partial charge in [0.25, 0.3) is 0 Å². The van der Waals surface area contributed by atoms with Crippen molar-refractivity contribution >= 4 is 45.3 Å². The Morgan fingerprint density at radius 2 is 1.84 bits per heavy atom. The van der Waals surface area contributed by atoms with Crippen LogP contribution in [0, 0.1) is 6.92 Å². The molecule has 0 aliphatic heterocycles. The van der Waals surface area contributed by atoms with Gasteiger partial charge in [0.1, 0.15) is 0 Å². The van der Waals surface area contributed by atoms with E-state index in [1.165, 1.54) is 16.3 Å². The van der Waals surface area contributed by atoms with Crippen LogP contribution in [0.25, 0.3) is 10.8 Å². The summed E-state index contributed by atoms with van der Waals surface area (Å²) in [5.41, 5.74) is 2.35. The fraction of sp³-hybridized carbons (Fsp3) is 0.125. The summed E-state index contributed by atoms with van der Waals surface area (Å²) >= 11 is 14.5. The van der Waals surface area contributed by atoms with Gasteiger partial charge in [-0.2, -0.15) is 0 Å². The Morgan fingerprint density at radius 3 is 2.58 bits per heavy atom. The summed E-state index contributed by atoms with van der Waals surface area (Å²) in [7, 11) is 0. The average molecular weight is 307 g/mol. The number of benzene rings is 2. The van der Waals surface area contributed by atoms with Crippen molar-refractivity contribution in [2.45, 2.75) is 12.3 Å². The molecule has 0 aliphatic rings. The van der Waals surface area contributed by atoms with Gasteiger partial charge in [0.2, 0.25) is 0 Å². The topological polar surface area (TPSA) is 0 Å².